The van der Waals surface area contributed by atoms with Gasteiger partial charge in [0.25, 0.3) is 5.91 Å². The normalized spacial score (nSPS) is 19.0. The Morgan fingerprint density at radius 2 is 1.55 bits per heavy atom. The van der Waals surface area contributed by atoms with Crippen molar-refractivity contribution in [1.82, 2.24) is 19.6 Å². The number of carbonyl (C=O) groups excluding carboxylic acids is 2. The topological polar surface area (TPSA) is 89.3 Å². The van der Waals surface area contributed by atoms with Gasteiger partial charge in [-0.2, -0.15) is 5.10 Å². The van der Waals surface area contributed by atoms with Gasteiger partial charge in [0.1, 0.15) is 11.4 Å². The zero-order valence-electron chi connectivity index (χ0n) is 21.7. The lowest BCUT2D eigenvalue weighted by atomic mass is 9.90. The summed E-state index contributed by atoms with van der Waals surface area (Å²) in [6.07, 6.45) is 4.72. The maximum absolute atomic E-state index is 13.7. The van der Waals surface area contributed by atoms with Crippen molar-refractivity contribution in [1.29, 1.82) is 0 Å². The zero-order valence-corrected chi connectivity index (χ0v) is 21.7. The van der Waals surface area contributed by atoms with E-state index in [1.165, 1.54) is 7.11 Å². The molecular formula is C29H31N5O4. The molecule has 0 aliphatic carbocycles. The van der Waals surface area contributed by atoms with E-state index in [1.807, 2.05) is 36.5 Å². The summed E-state index contributed by atoms with van der Waals surface area (Å²) in [6, 6.07) is 16.7. The first-order valence-electron chi connectivity index (χ1n) is 13.0. The number of amides is 2. The number of likely N-dealkylation sites (tertiary alicyclic amines) is 1. The van der Waals surface area contributed by atoms with Crippen LogP contribution in [0.25, 0.3) is 22.3 Å². The molecule has 2 saturated heterocycles. The number of rotatable bonds is 5. The van der Waals surface area contributed by atoms with Crippen LogP contribution in [0.5, 0.6) is 0 Å². The Labute approximate surface area is 221 Å². The summed E-state index contributed by atoms with van der Waals surface area (Å²) in [5.74, 6) is 0.949. The molecule has 2 fully saturated rings. The summed E-state index contributed by atoms with van der Waals surface area (Å²) in [6.45, 7) is 2.75. The molecule has 196 valence electrons. The molecule has 1 aromatic heterocycles. The van der Waals surface area contributed by atoms with Crippen molar-refractivity contribution < 1.29 is 19.1 Å². The molecule has 0 saturated carbocycles. The Balaban J connectivity index is 1.23. The second-order valence-electron chi connectivity index (χ2n) is 10.3. The van der Waals surface area contributed by atoms with Crippen molar-refractivity contribution in [3.63, 3.8) is 0 Å². The second-order valence-corrected chi connectivity index (χ2v) is 10.3. The Kier molecular flexibility index (Phi) is 6.23. The fraction of sp³-hybridized carbons (Fsp3) is 0.379. The maximum atomic E-state index is 13.7. The van der Waals surface area contributed by atoms with Crippen molar-refractivity contribution in [2.75, 3.05) is 40.0 Å². The number of aryl methyl sites for hydroxylation is 1. The van der Waals surface area contributed by atoms with Crippen molar-refractivity contribution in [2.45, 2.75) is 18.4 Å². The van der Waals surface area contributed by atoms with E-state index in [-0.39, 0.29) is 17.9 Å². The average molecular weight is 514 g/mol. The Bertz CT molecular complexity index is 1370. The molecule has 3 aliphatic rings. The van der Waals surface area contributed by atoms with E-state index >= 15 is 0 Å². The lowest BCUT2D eigenvalue weighted by molar-refractivity contribution is -0.135. The number of hydrogen-bond donors (Lipinski definition) is 0. The number of carbonyl (C=O) groups is 2. The zero-order chi connectivity index (χ0) is 26.3. The smallest absolute Gasteiger partial charge is 0.409 e. The van der Waals surface area contributed by atoms with Gasteiger partial charge >= 0.3 is 6.09 Å². The number of nitrogens with zero attached hydrogens (tertiary/aromatic N) is 5. The van der Waals surface area contributed by atoms with Crippen LogP contribution >= 0.6 is 0 Å². The van der Waals surface area contributed by atoms with Gasteiger partial charge in [-0.3, -0.25) is 19.4 Å². The van der Waals surface area contributed by atoms with Crippen LogP contribution in [0.15, 0.2) is 65.9 Å². The van der Waals surface area contributed by atoms with Crippen molar-refractivity contribution in [3.8, 4) is 22.3 Å². The highest BCUT2D eigenvalue weighted by Crippen LogP contribution is 2.36. The molecule has 2 aromatic carbocycles. The lowest BCUT2D eigenvalue weighted by Gasteiger charge is -2.40. The Hall–Kier alpha value is -3.98. The maximum Gasteiger partial charge on any atom is 0.409 e. The van der Waals surface area contributed by atoms with Gasteiger partial charge in [0.15, 0.2) is 0 Å². The number of amidine groups is 1. The van der Waals surface area contributed by atoms with Gasteiger partial charge in [-0.05, 0) is 16.7 Å². The van der Waals surface area contributed by atoms with Crippen molar-refractivity contribution >= 4 is 17.8 Å². The van der Waals surface area contributed by atoms with E-state index in [0.717, 1.165) is 27.8 Å². The number of hydrogen-bond acceptors (Lipinski definition) is 6. The third-order valence-corrected chi connectivity index (χ3v) is 7.77. The summed E-state index contributed by atoms with van der Waals surface area (Å²) in [5, 5.41) is 4.25. The van der Waals surface area contributed by atoms with Gasteiger partial charge in [0.2, 0.25) is 0 Å². The fourth-order valence-corrected chi connectivity index (χ4v) is 5.54. The summed E-state index contributed by atoms with van der Waals surface area (Å²) < 4.78 is 12.2. The van der Waals surface area contributed by atoms with Gasteiger partial charge in [0.05, 0.1) is 13.3 Å². The molecule has 0 bridgehead atoms. The van der Waals surface area contributed by atoms with Gasteiger partial charge in [0, 0.05) is 76.0 Å². The average Bonchev–Trinajstić information content (AvgIpc) is 3.47. The molecule has 3 aromatic rings. The van der Waals surface area contributed by atoms with Crippen LogP contribution in [-0.4, -0.2) is 82.9 Å². The number of ether oxygens (including phenoxy) is 2. The van der Waals surface area contributed by atoms with Crippen LogP contribution in [0.3, 0.4) is 0 Å². The van der Waals surface area contributed by atoms with Crippen LogP contribution < -0.4 is 0 Å². The first kappa shape index (κ1) is 24.4. The standard InChI is InChI=1S/C29H31N5O4/c1-32-19-25(15-30-32)23-5-3-21(4-6-23)22-7-9-24(10-8-22)26-31-29(11-13-38-14-12-29)27(35)34(26)18-20-16-33(17-20)28(36)37-2/h3-10,15,19-20H,11-14,16-18H2,1-2H3. The van der Waals surface area contributed by atoms with Gasteiger partial charge in [-0.1, -0.05) is 48.5 Å². The summed E-state index contributed by atoms with van der Waals surface area (Å²) in [4.78, 5) is 34.0. The highest BCUT2D eigenvalue weighted by Gasteiger charge is 2.50. The summed E-state index contributed by atoms with van der Waals surface area (Å²) >= 11 is 0. The molecule has 0 unspecified atom stereocenters. The Morgan fingerprint density at radius 3 is 2.11 bits per heavy atom. The van der Waals surface area contributed by atoms with E-state index in [1.54, 1.807) is 9.58 Å². The summed E-state index contributed by atoms with van der Waals surface area (Å²) in [7, 11) is 3.30. The van der Waals surface area contributed by atoms with E-state index in [9.17, 15) is 9.59 Å². The Morgan fingerprint density at radius 1 is 0.974 bits per heavy atom. The minimum Gasteiger partial charge on any atom is -0.453 e. The predicted molar refractivity (Wildman–Crippen MR) is 143 cm³/mol. The van der Waals surface area contributed by atoms with Crippen molar-refractivity contribution in [2.24, 2.45) is 18.0 Å². The van der Waals surface area contributed by atoms with Crippen LogP contribution in [0.1, 0.15) is 18.4 Å². The van der Waals surface area contributed by atoms with Crippen LogP contribution in [0.4, 0.5) is 4.79 Å². The first-order valence-corrected chi connectivity index (χ1v) is 13.0. The number of aliphatic imine (C=N–C) groups is 1. The van der Waals surface area contributed by atoms with E-state index in [0.29, 0.717) is 51.5 Å². The minimum absolute atomic E-state index is 0.0439. The second kappa shape index (κ2) is 9.72. The van der Waals surface area contributed by atoms with Gasteiger partial charge in [-0.25, -0.2) is 4.79 Å². The van der Waals surface area contributed by atoms with E-state index < -0.39 is 5.54 Å². The minimum atomic E-state index is -0.750. The monoisotopic (exact) mass is 513 g/mol. The molecule has 1 spiro atoms. The van der Waals surface area contributed by atoms with Gasteiger partial charge in [-0.15, -0.1) is 0 Å². The van der Waals surface area contributed by atoms with Crippen molar-refractivity contribution in [3.05, 3.63) is 66.5 Å². The molecule has 9 nitrogen and oxygen atoms in total. The molecule has 6 rings (SSSR count). The molecule has 38 heavy (non-hydrogen) atoms. The lowest BCUT2D eigenvalue weighted by Crippen LogP contribution is -2.56. The number of benzene rings is 2. The largest absolute Gasteiger partial charge is 0.453 e. The number of methoxy groups -OCH3 is 1. The van der Waals surface area contributed by atoms with Crippen LogP contribution in [-0.2, 0) is 21.3 Å². The van der Waals surface area contributed by atoms with E-state index in [4.69, 9.17) is 14.5 Å². The third kappa shape index (κ3) is 4.36. The molecular weight excluding hydrogens is 482 g/mol. The molecule has 2 amide bonds. The SMILES string of the molecule is COC(=O)N1CC(CN2C(=O)C3(CCOCC3)N=C2c2ccc(-c3ccc(-c4cnn(C)c4)cc3)cc2)C1. The van der Waals surface area contributed by atoms with Crippen LogP contribution in [0, 0.1) is 5.92 Å². The number of aromatic nitrogens is 2. The highest BCUT2D eigenvalue weighted by atomic mass is 16.5. The molecule has 0 N–H and O–H groups in total. The molecule has 0 radical (unpaired) electrons. The molecule has 3 aliphatic heterocycles. The molecule has 4 heterocycles. The molecule has 0 atom stereocenters. The quantitative estimate of drug-likeness (QED) is 0.520. The van der Waals surface area contributed by atoms with Gasteiger partial charge < -0.3 is 14.4 Å². The predicted octanol–water partition coefficient (Wildman–Crippen LogP) is 3.59. The third-order valence-electron chi connectivity index (χ3n) is 7.77. The van der Waals surface area contributed by atoms with Crippen LogP contribution in [0.2, 0.25) is 0 Å². The highest BCUT2D eigenvalue weighted by molar-refractivity contribution is 6.15. The van der Waals surface area contributed by atoms with E-state index in [2.05, 4.69) is 41.5 Å². The molecule has 9 heteroatoms. The fourth-order valence-electron chi connectivity index (χ4n) is 5.54. The summed E-state index contributed by atoms with van der Waals surface area (Å²) in [5.41, 5.74) is 4.58. The first-order chi connectivity index (χ1) is 18.5.